The SMILES string of the molecule is CSc1nnc(CNS(=O)(=O)c2ccc(C(C)=O)cc2)n1C(C)C. The van der Waals surface area contributed by atoms with Gasteiger partial charge in [-0.15, -0.1) is 10.2 Å². The lowest BCUT2D eigenvalue weighted by atomic mass is 10.2. The van der Waals surface area contributed by atoms with Crippen LogP contribution in [0.4, 0.5) is 0 Å². The molecule has 0 radical (unpaired) electrons. The number of carbonyl (C=O) groups is 1. The normalized spacial score (nSPS) is 11.9. The van der Waals surface area contributed by atoms with E-state index >= 15 is 0 Å². The van der Waals surface area contributed by atoms with Gasteiger partial charge >= 0.3 is 0 Å². The number of nitrogens with one attached hydrogen (secondary N) is 1. The zero-order valence-corrected chi connectivity index (χ0v) is 15.6. The van der Waals surface area contributed by atoms with Crippen LogP contribution in [0.5, 0.6) is 0 Å². The van der Waals surface area contributed by atoms with Crippen LogP contribution in [0.25, 0.3) is 0 Å². The van der Waals surface area contributed by atoms with Crippen LogP contribution in [0.3, 0.4) is 0 Å². The predicted molar refractivity (Wildman–Crippen MR) is 92.7 cm³/mol. The highest BCUT2D eigenvalue weighted by Gasteiger charge is 2.18. The van der Waals surface area contributed by atoms with Gasteiger partial charge in [0.25, 0.3) is 0 Å². The summed E-state index contributed by atoms with van der Waals surface area (Å²) >= 11 is 1.46. The molecule has 0 amide bonds. The molecule has 2 aromatic rings. The van der Waals surface area contributed by atoms with Gasteiger partial charge in [0, 0.05) is 11.6 Å². The van der Waals surface area contributed by atoms with Gasteiger partial charge in [-0.25, -0.2) is 13.1 Å². The molecule has 0 bridgehead atoms. The Morgan fingerprint density at radius 3 is 2.38 bits per heavy atom. The number of sulfonamides is 1. The van der Waals surface area contributed by atoms with Gasteiger partial charge in [0.15, 0.2) is 10.9 Å². The standard InChI is InChI=1S/C15H20N4O3S2/c1-10(2)19-14(17-18-15(19)23-4)9-16-24(21,22)13-7-5-12(6-8-13)11(3)20/h5-8,10,16H,9H2,1-4H3. The Morgan fingerprint density at radius 1 is 1.25 bits per heavy atom. The molecule has 130 valence electrons. The minimum Gasteiger partial charge on any atom is -0.302 e. The number of benzene rings is 1. The second-order valence-corrected chi connectivity index (χ2v) is 8.01. The summed E-state index contributed by atoms with van der Waals surface area (Å²) in [6.07, 6.45) is 1.90. The lowest BCUT2D eigenvalue weighted by molar-refractivity contribution is 0.101. The molecule has 7 nitrogen and oxygen atoms in total. The van der Waals surface area contributed by atoms with E-state index in [2.05, 4.69) is 14.9 Å². The van der Waals surface area contributed by atoms with Gasteiger partial charge in [-0.1, -0.05) is 23.9 Å². The second-order valence-electron chi connectivity index (χ2n) is 5.47. The van der Waals surface area contributed by atoms with E-state index in [4.69, 9.17) is 0 Å². The number of hydrogen-bond donors (Lipinski definition) is 1. The van der Waals surface area contributed by atoms with Crippen molar-refractivity contribution in [1.82, 2.24) is 19.5 Å². The molecule has 0 atom stereocenters. The Bertz CT molecular complexity index is 827. The average Bonchev–Trinajstić information content (AvgIpc) is 2.96. The Labute approximate surface area is 145 Å². The highest BCUT2D eigenvalue weighted by atomic mass is 32.2. The molecule has 24 heavy (non-hydrogen) atoms. The van der Waals surface area contributed by atoms with Crippen LogP contribution in [-0.4, -0.2) is 35.2 Å². The van der Waals surface area contributed by atoms with E-state index in [1.807, 2.05) is 24.7 Å². The third-order valence-electron chi connectivity index (χ3n) is 3.43. The average molecular weight is 368 g/mol. The van der Waals surface area contributed by atoms with Gasteiger partial charge in [-0.2, -0.15) is 0 Å². The first-order chi connectivity index (χ1) is 11.3. The van der Waals surface area contributed by atoms with E-state index in [0.717, 1.165) is 5.16 Å². The van der Waals surface area contributed by atoms with Gasteiger partial charge in [-0.3, -0.25) is 4.79 Å². The maximum atomic E-state index is 12.4. The van der Waals surface area contributed by atoms with Crippen LogP contribution < -0.4 is 4.72 Å². The van der Waals surface area contributed by atoms with Gasteiger partial charge in [0.05, 0.1) is 11.4 Å². The predicted octanol–water partition coefficient (Wildman–Crippen LogP) is 2.26. The molecule has 1 heterocycles. The topological polar surface area (TPSA) is 94.0 Å². The number of carbonyl (C=O) groups excluding carboxylic acids is 1. The molecule has 1 aromatic heterocycles. The zero-order chi connectivity index (χ0) is 17.9. The molecule has 0 aliphatic heterocycles. The first-order valence-corrected chi connectivity index (χ1v) is 10.1. The quantitative estimate of drug-likeness (QED) is 0.595. The van der Waals surface area contributed by atoms with E-state index < -0.39 is 10.0 Å². The number of Topliss-reactive ketones (excluding diaryl/α,β-unsaturated/α-hetero) is 1. The van der Waals surface area contributed by atoms with Crippen LogP contribution in [-0.2, 0) is 16.6 Å². The largest absolute Gasteiger partial charge is 0.302 e. The number of nitrogens with zero attached hydrogens (tertiary/aromatic N) is 3. The molecule has 0 unspecified atom stereocenters. The fourth-order valence-electron chi connectivity index (χ4n) is 2.20. The van der Waals surface area contributed by atoms with E-state index in [1.165, 1.54) is 43.0 Å². The molecule has 0 fully saturated rings. The maximum absolute atomic E-state index is 12.4. The van der Waals surface area contributed by atoms with E-state index in [0.29, 0.717) is 11.4 Å². The Hall–Kier alpha value is -1.71. The van der Waals surface area contributed by atoms with Crippen LogP contribution in [0.2, 0.25) is 0 Å². The molecule has 2 rings (SSSR count). The third-order valence-corrected chi connectivity index (χ3v) is 5.49. The molecular weight excluding hydrogens is 348 g/mol. The fourth-order valence-corrected chi connectivity index (χ4v) is 3.81. The van der Waals surface area contributed by atoms with Crippen molar-refractivity contribution in [2.75, 3.05) is 6.26 Å². The summed E-state index contributed by atoms with van der Waals surface area (Å²) in [6, 6.07) is 5.95. The lowest BCUT2D eigenvalue weighted by Crippen LogP contribution is -2.25. The molecule has 9 heteroatoms. The van der Waals surface area contributed by atoms with Crippen LogP contribution in [0.15, 0.2) is 34.3 Å². The minimum absolute atomic E-state index is 0.0442. The van der Waals surface area contributed by atoms with Gasteiger partial charge in [-0.05, 0) is 39.2 Å². The summed E-state index contributed by atoms with van der Waals surface area (Å²) in [5.41, 5.74) is 0.470. The number of hydrogen-bond acceptors (Lipinski definition) is 6. The van der Waals surface area contributed by atoms with Gasteiger partial charge in [0.1, 0.15) is 5.82 Å². The van der Waals surface area contributed by atoms with Crippen molar-refractivity contribution in [2.24, 2.45) is 0 Å². The highest BCUT2D eigenvalue weighted by Crippen LogP contribution is 2.19. The van der Waals surface area contributed by atoms with E-state index in [-0.39, 0.29) is 23.3 Å². The molecule has 0 aliphatic rings. The smallest absolute Gasteiger partial charge is 0.240 e. The van der Waals surface area contributed by atoms with Crippen molar-refractivity contribution in [2.45, 2.75) is 43.4 Å². The summed E-state index contributed by atoms with van der Waals surface area (Å²) in [5.74, 6) is 0.444. The van der Waals surface area contributed by atoms with Crippen molar-refractivity contribution < 1.29 is 13.2 Å². The Morgan fingerprint density at radius 2 is 1.88 bits per heavy atom. The number of rotatable bonds is 7. The zero-order valence-electron chi connectivity index (χ0n) is 14.0. The van der Waals surface area contributed by atoms with Crippen molar-refractivity contribution in [3.8, 4) is 0 Å². The number of thioether (sulfide) groups is 1. The fraction of sp³-hybridized carbons (Fsp3) is 0.400. The summed E-state index contributed by atoms with van der Waals surface area (Å²) in [5, 5.41) is 8.87. The maximum Gasteiger partial charge on any atom is 0.240 e. The number of aromatic nitrogens is 3. The summed E-state index contributed by atoms with van der Waals surface area (Å²) in [6.45, 7) is 5.45. The lowest BCUT2D eigenvalue weighted by Gasteiger charge is -2.13. The minimum atomic E-state index is -3.69. The first-order valence-electron chi connectivity index (χ1n) is 7.34. The second kappa shape index (κ2) is 7.45. The van der Waals surface area contributed by atoms with Crippen molar-refractivity contribution in [3.63, 3.8) is 0 Å². The molecule has 0 aliphatic carbocycles. The molecule has 1 N–H and O–H groups in total. The van der Waals surface area contributed by atoms with Crippen molar-refractivity contribution >= 4 is 27.6 Å². The Kier molecular flexibility index (Phi) is 5.79. The van der Waals surface area contributed by atoms with Crippen LogP contribution >= 0.6 is 11.8 Å². The van der Waals surface area contributed by atoms with Gasteiger partial charge < -0.3 is 4.57 Å². The molecule has 0 saturated heterocycles. The monoisotopic (exact) mass is 368 g/mol. The summed E-state index contributed by atoms with van der Waals surface area (Å²) in [4.78, 5) is 11.4. The molecule has 0 saturated carbocycles. The van der Waals surface area contributed by atoms with E-state index in [9.17, 15) is 13.2 Å². The van der Waals surface area contributed by atoms with Crippen molar-refractivity contribution in [1.29, 1.82) is 0 Å². The third kappa shape index (κ3) is 4.03. The summed E-state index contributed by atoms with van der Waals surface area (Å²) < 4.78 is 29.2. The number of ketones is 1. The van der Waals surface area contributed by atoms with Crippen LogP contribution in [0, 0.1) is 0 Å². The molecule has 1 aromatic carbocycles. The van der Waals surface area contributed by atoms with Crippen molar-refractivity contribution in [3.05, 3.63) is 35.7 Å². The van der Waals surface area contributed by atoms with Gasteiger partial charge in [0.2, 0.25) is 10.0 Å². The summed E-state index contributed by atoms with van der Waals surface area (Å²) in [7, 11) is -3.69. The molecular formula is C15H20N4O3S2. The Balaban J connectivity index is 2.19. The first kappa shape index (κ1) is 18.6. The van der Waals surface area contributed by atoms with Crippen LogP contribution in [0.1, 0.15) is 43.0 Å². The molecule has 0 spiro atoms. The van der Waals surface area contributed by atoms with E-state index in [1.54, 1.807) is 0 Å². The highest BCUT2D eigenvalue weighted by molar-refractivity contribution is 7.98.